The Morgan fingerprint density at radius 3 is 2.62 bits per heavy atom. The molecule has 0 amide bonds. The van der Waals surface area contributed by atoms with E-state index >= 15 is 0 Å². The highest BCUT2D eigenvalue weighted by atomic mass is 19.4. The summed E-state index contributed by atoms with van der Waals surface area (Å²) in [5.41, 5.74) is 0.636. The van der Waals surface area contributed by atoms with Gasteiger partial charge in [0.25, 0.3) is 0 Å². The van der Waals surface area contributed by atoms with Crippen LogP contribution in [0.1, 0.15) is 24.4 Å². The van der Waals surface area contributed by atoms with Crippen LogP contribution in [0.5, 0.6) is 5.75 Å². The van der Waals surface area contributed by atoms with Crippen LogP contribution < -0.4 is 10.1 Å². The summed E-state index contributed by atoms with van der Waals surface area (Å²) in [5.74, 6) is -0.0712. The van der Waals surface area contributed by atoms with Crippen molar-refractivity contribution in [2.24, 2.45) is 0 Å². The van der Waals surface area contributed by atoms with Gasteiger partial charge < -0.3 is 10.1 Å². The Morgan fingerprint density at radius 1 is 1.25 bits per heavy atom. The second kappa shape index (κ2) is 4.33. The number of halogens is 3. The number of nitrogens with two attached hydrogens (primary N) is 1. The Hall–Kier alpha value is -1.23. The van der Waals surface area contributed by atoms with Gasteiger partial charge in [0, 0.05) is 12.8 Å². The van der Waals surface area contributed by atoms with Gasteiger partial charge in [-0.1, -0.05) is 12.1 Å². The minimum absolute atomic E-state index is 0.0712. The van der Waals surface area contributed by atoms with E-state index in [0.29, 0.717) is 5.56 Å². The van der Waals surface area contributed by atoms with Gasteiger partial charge in [0.1, 0.15) is 11.8 Å². The Morgan fingerprint density at radius 2 is 2.00 bits per heavy atom. The van der Waals surface area contributed by atoms with Crippen LogP contribution in [0.4, 0.5) is 13.2 Å². The Bertz CT molecular complexity index is 358. The second-order valence-corrected chi connectivity index (χ2v) is 3.86. The summed E-state index contributed by atoms with van der Waals surface area (Å²) in [5, 5.41) is 2.05. The molecule has 0 spiro atoms. The van der Waals surface area contributed by atoms with Gasteiger partial charge in [-0.25, -0.2) is 0 Å². The number of hydrogen-bond donors (Lipinski definition) is 1. The zero-order chi connectivity index (χ0) is 11.6. The van der Waals surface area contributed by atoms with Gasteiger partial charge in [-0.3, -0.25) is 0 Å². The number of rotatable bonds is 2. The molecule has 0 unspecified atom stereocenters. The lowest BCUT2D eigenvalue weighted by atomic mass is 10.0. The molecule has 2 N–H and O–H groups in total. The molecule has 0 radical (unpaired) electrons. The molecule has 5 heteroatoms. The maximum absolute atomic E-state index is 12.2. The molecule has 1 atom stereocenters. The number of alkyl halides is 3. The van der Waals surface area contributed by atoms with Gasteiger partial charge in [0.2, 0.25) is 0 Å². The number of para-hydroxylation sites is 1. The minimum Gasteiger partial charge on any atom is -0.405 e. The van der Waals surface area contributed by atoms with Crippen molar-refractivity contribution >= 4 is 0 Å². The molecular formula is C11H13F3NO+. The molecule has 0 bridgehead atoms. The fraction of sp³-hybridized carbons (Fsp3) is 0.455. The van der Waals surface area contributed by atoms with Crippen molar-refractivity contribution in [3.63, 3.8) is 0 Å². The molecule has 1 aromatic rings. The topological polar surface area (TPSA) is 25.8 Å². The van der Waals surface area contributed by atoms with E-state index in [1.165, 1.54) is 6.07 Å². The molecule has 1 aromatic carbocycles. The number of benzene rings is 1. The van der Waals surface area contributed by atoms with Crippen LogP contribution in [-0.4, -0.2) is 12.9 Å². The lowest BCUT2D eigenvalue weighted by Crippen LogP contribution is -2.81. The maximum Gasteiger partial charge on any atom is 0.573 e. The SMILES string of the molecule is FC(F)(F)Oc1ccccc1[C@@H]1CCC[NH2+]1. The molecule has 0 aliphatic carbocycles. The van der Waals surface area contributed by atoms with Gasteiger partial charge in [0.15, 0.2) is 0 Å². The molecule has 1 saturated heterocycles. The summed E-state index contributed by atoms with van der Waals surface area (Å²) in [6.45, 7) is 0.963. The average molecular weight is 232 g/mol. The van der Waals surface area contributed by atoms with Crippen molar-refractivity contribution < 1.29 is 23.2 Å². The molecule has 1 fully saturated rings. The smallest absolute Gasteiger partial charge is 0.405 e. The third kappa shape index (κ3) is 2.66. The quantitative estimate of drug-likeness (QED) is 0.829. The van der Waals surface area contributed by atoms with E-state index in [1.54, 1.807) is 18.2 Å². The lowest BCUT2D eigenvalue weighted by Gasteiger charge is -2.15. The Kier molecular flexibility index (Phi) is 3.05. The van der Waals surface area contributed by atoms with Crippen LogP contribution in [0.3, 0.4) is 0 Å². The number of quaternary nitrogens is 1. The van der Waals surface area contributed by atoms with Crippen LogP contribution in [0, 0.1) is 0 Å². The highest BCUT2D eigenvalue weighted by molar-refractivity contribution is 5.35. The minimum atomic E-state index is -4.62. The summed E-state index contributed by atoms with van der Waals surface area (Å²) in [6.07, 6.45) is -2.68. The van der Waals surface area contributed by atoms with Crippen LogP contribution in [0.25, 0.3) is 0 Å². The summed E-state index contributed by atoms with van der Waals surface area (Å²) >= 11 is 0. The summed E-state index contributed by atoms with van der Waals surface area (Å²) in [7, 11) is 0. The molecular weight excluding hydrogens is 219 g/mol. The lowest BCUT2D eigenvalue weighted by molar-refractivity contribution is -0.676. The second-order valence-electron chi connectivity index (χ2n) is 3.86. The highest BCUT2D eigenvalue weighted by Gasteiger charge is 2.34. The van der Waals surface area contributed by atoms with E-state index in [9.17, 15) is 13.2 Å². The van der Waals surface area contributed by atoms with Crippen LogP contribution in [0.15, 0.2) is 24.3 Å². The van der Waals surface area contributed by atoms with Gasteiger partial charge in [-0.05, 0) is 12.1 Å². The van der Waals surface area contributed by atoms with Crippen molar-refractivity contribution in [3.05, 3.63) is 29.8 Å². The van der Waals surface area contributed by atoms with Crippen molar-refractivity contribution in [3.8, 4) is 5.75 Å². The van der Waals surface area contributed by atoms with Gasteiger partial charge in [-0.15, -0.1) is 13.2 Å². The Balaban J connectivity index is 2.23. The van der Waals surface area contributed by atoms with Crippen molar-refractivity contribution in [2.75, 3.05) is 6.54 Å². The molecule has 2 nitrogen and oxygen atoms in total. The van der Waals surface area contributed by atoms with Crippen molar-refractivity contribution in [1.82, 2.24) is 0 Å². The fourth-order valence-corrected chi connectivity index (χ4v) is 2.06. The van der Waals surface area contributed by atoms with E-state index in [2.05, 4.69) is 10.1 Å². The fourth-order valence-electron chi connectivity index (χ4n) is 2.06. The van der Waals surface area contributed by atoms with Gasteiger partial charge in [-0.2, -0.15) is 0 Å². The number of hydrogen-bond acceptors (Lipinski definition) is 1. The summed E-state index contributed by atoms with van der Waals surface area (Å²) in [4.78, 5) is 0. The normalized spacial score (nSPS) is 21.1. The third-order valence-electron chi connectivity index (χ3n) is 2.71. The van der Waals surface area contributed by atoms with Gasteiger partial charge >= 0.3 is 6.36 Å². The first-order valence-corrected chi connectivity index (χ1v) is 5.24. The molecule has 1 aliphatic rings. The summed E-state index contributed by atoms with van der Waals surface area (Å²) < 4.78 is 40.6. The van der Waals surface area contributed by atoms with E-state index in [0.717, 1.165) is 19.4 Å². The van der Waals surface area contributed by atoms with E-state index in [-0.39, 0.29) is 11.8 Å². The molecule has 2 rings (SSSR count). The van der Waals surface area contributed by atoms with Crippen LogP contribution >= 0.6 is 0 Å². The van der Waals surface area contributed by atoms with Gasteiger partial charge in [0.05, 0.1) is 12.1 Å². The Labute approximate surface area is 91.4 Å². The molecule has 16 heavy (non-hydrogen) atoms. The monoisotopic (exact) mass is 232 g/mol. The number of ether oxygens (including phenoxy) is 1. The van der Waals surface area contributed by atoms with E-state index in [4.69, 9.17) is 0 Å². The molecule has 1 aliphatic heterocycles. The van der Waals surface area contributed by atoms with Crippen molar-refractivity contribution in [2.45, 2.75) is 25.2 Å². The highest BCUT2D eigenvalue weighted by Crippen LogP contribution is 2.31. The largest absolute Gasteiger partial charge is 0.573 e. The van der Waals surface area contributed by atoms with E-state index < -0.39 is 6.36 Å². The first-order valence-electron chi connectivity index (χ1n) is 5.24. The van der Waals surface area contributed by atoms with Crippen molar-refractivity contribution in [1.29, 1.82) is 0 Å². The predicted octanol–water partition coefficient (Wildman–Crippen LogP) is 1.98. The standard InChI is InChI=1S/C11H12F3NO/c12-11(13,14)16-10-6-2-1-4-8(10)9-5-3-7-15-9/h1-2,4,6,9,15H,3,5,7H2/p+1/t9-/m0/s1. The van der Waals surface area contributed by atoms with Crippen LogP contribution in [-0.2, 0) is 0 Å². The molecule has 1 heterocycles. The maximum atomic E-state index is 12.2. The zero-order valence-corrected chi connectivity index (χ0v) is 8.63. The zero-order valence-electron chi connectivity index (χ0n) is 8.63. The summed E-state index contributed by atoms with van der Waals surface area (Å²) in [6, 6.07) is 6.46. The molecule has 0 aromatic heterocycles. The predicted molar refractivity (Wildman–Crippen MR) is 51.9 cm³/mol. The van der Waals surface area contributed by atoms with E-state index in [1.807, 2.05) is 0 Å². The first kappa shape index (κ1) is 11.3. The molecule has 88 valence electrons. The molecule has 0 saturated carbocycles. The third-order valence-corrected chi connectivity index (χ3v) is 2.71. The average Bonchev–Trinajstić information content (AvgIpc) is 2.69. The first-order chi connectivity index (χ1) is 7.56. The van der Waals surface area contributed by atoms with Crippen LogP contribution in [0.2, 0.25) is 0 Å².